The van der Waals surface area contributed by atoms with E-state index in [1.165, 1.54) is 0 Å². The zero-order chi connectivity index (χ0) is 42.8. The van der Waals surface area contributed by atoms with Gasteiger partial charge in [0, 0.05) is 9.82 Å². The van der Waals surface area contributed by atoms with Gasteiger partial charge in [0.2, 0.25) is 0 Å². The summed E-state index contributed by atoms with van der Waals surface area (Å²) < 4.78 is 52.8. The van der Waals surface area contributed by atoms with Crippen LogP contribution in [0.4, 0.5) is 0 Å². The first kappa shape index (κ1) is 44.5. The molecule has 14 nitrogen and oxygen atoms in total. The first-order chi connectivity index (χ1) is 30.6. The number of hydrogen-bond donors (Lipinski definition) is 0. The molecule has 10 atom stereocenters. The predicted molar refractivity (Wildman–Crippen MR) is 231 cm³/mol. The number of nitrogens with zero attached hydrogens (tertiary/aromatic N) is 6. The Balaban J connectivity index is 1.18. The normalized spacial score (nSPS) is 25.9. The van der Waals surface area contributed by atoms with Crippen LogP contribution in [-0.4, -0.2) is 74.3 Å². The summed E-state index contributed by atoms with van der Waals surface area (Å²) in [6.45, 7) is 3.14. The molecule has 7 rings (SSSR count). The van der Waals surface area contributed by atoms with Crippen molar-refractivity contribution in [3.05, 3.63) is 200 Å². The van der Waals surface area contributed by atoms with E-state index < -0.39 is 61.1 Å². The zero-order valence-corrected chi connectivity index (χ0v) is 34.6. The van der Waals surface area contributed by atoms with Gasteiger partial charge in [0.15, 0.2) is 6.29 Å². The fourth-order valence-electron chi connectivity index (χ4n) is 7.72. The molecule has 0 radical (unpaired) electrons. The maximum Gasteiger partial charge on any atom is 0.169 e. The van der Waals surface area contributed by atoms with Crippen LogP contribution in [0.3, 0.4) is 0 Å². The molecule has 5 aromatic carbocycles. The van der Waals surface area contributed by atoms with Crippen LogP contribution in [0.5, 0.6) is 0 Å². The van der Waals surface area contributed by atoms with Crippen molar-refractivity contribution in [2.45, 2.75) is 101 Å². The van der Waals surface area contributed by atoms with Crippen LogP contribution in [-0.2, 0) is 70.9 Å². The largest absolute Gasteiger partial charge is 0.374 e. The highest BCUT2D eigenvalue weighted by atomic mass is 16.7. The Hall–Kier alpha value is -5.60. The van der Waals surface area contributed by atoms with Gasteiger partial charge in [0.25, 0.3) is 0 Å². The van der Waals surface area contributed by atoms with Gasteiger partial charge in [0.1, 0.15) is 36.6 Å². The van der Waals surface area contributed by atoms with Gasteiger partial charge in [0.05, 0.1) is 64.5 Å². The second-order valence-electron chi connectivity index (χ2n) is 15.2. The van der Waals surface area contributed by atoms with Crippen molar-refractivity contribution in [1.82, 2.24) is 0 Å². The average Bonchev–Trinajstić information content (AvgIpc) is 3.32. The molecule has 322 valence electrons. The van der Waals surface area contributed by atoms with Gasteiger partial charge in [-0.1, -0.05) is 162 Å². The lowest BCUT2D eigenvalue weighted by molar-refractivity contribution is -0.299. The molecule has 2 fully saturated rings. The lowest BCUT2D eigenvalue weighted by atomic mass is 9.93. The molecule has 2 heterocycles. The van der Waals surface area contributed by atoms with Gasteiger partial charge in [-0.25, -0.2) is 0 Å². The third-order valence-corrected chi connectivity index (χ3v) is 10.8. The number of rotatable bonds is 21. The van der Waals surface area contributed by atoms with Gasteiger partial charge in [-0.2, -0.15) is 0 Å². The monoisotopic (exact) mass is 840 g/mol. The van der Waals surface area contributed by atoms with Crippen LogP contribution < -0.4 is 0 Å². The van der Waals surface area contributed by atoms with Crippen molar-refractivity contribution in [3.8, 4) is 0 Å². The van der Waals surface area contributed by atoms with Crippen LogP contribution >= 0.6 is 0 Å². The van der Waals surface area contributed by atoms with Crippen molar-refractivity contribution < 1.29 is 37.9 Å². The molecule has 0 saturated carbocycles. The lowest BCUT2D eigenvalue weighted by Gasteiger charge is -2.46. The molecule has 0 aliphatic carbocycles. The summed E-state index contributed by atoms with van der Waals surface area (Å²) in [5.74, 6) is 0. The van der Waals surface area contributed by atoms with Crippen LogP contribution in [0.1, 0.15) is 34.7 Å². The molecular weight excluding hydrogens is 789 g/mol. The molecule has 0 N–H and O–H groups in total. The summed E-state index contributed by atoms with van der Waals surface area (Å²) in [6.07, 6.45) is -6.20. The molecule has 2 saturated heterocycles. The van der Waals surface area contributed by atoms with E-state index in [1.54, 1.807) is 0 Å². The molecule has 0 amide bonds. The highest BCUT2D eigenvalue weighted by Gasteiger charge is 2.50. The molecular formula is C48H52N6O8. The smallest absolute Gasteiger partial charge is 0.169 e. The number of hydrogen-bond acceptors (Lipinski definition) is 10. The van der Waals surface area contributed by atoms with E-state index in [0.29, 0.717) is 6.61 Å². The van der Waals surface area contributed by atoms with E-state index in [0.717, 1.165) is 27.8 Å². The van der Waals surface area contributed by atoms with Gasteiger partial charge in [-0.05, 0) is 45.8 Å². The molecule has 5 aromatic rings. The highest BCUT2D eigenvalue weighted by Crippen LogP contribution is 2.34. The van der Waals surface area contributed by atoms with Crippen LogP contribution in [0, 0.1) is 0 Å². The molecule has 2 aliphatic rings. The van der Waals surface area contributed by atoms with Gasteiger partial charge in [-0.3, -0.25) is 0 Å². The van der Waals surface area contributed by atoms with E-state index in [2.05, 4.69) is 20.1 Å². The summed E-state index contributed by atoms with van der Waals surface area (Å²) in [5, 5.41) is 8.38. The minimum atomic E-state index is -1.12. The molecule has 2 aliphatic heterocycles. The fraction of sp³-hybridized carbons (Fsp3) is 0.375. The maximum absolute atomic E-state index is 10.0. The van der Waals surface area contributed by atoms with Crippen molar-refractivity contribution in [3.63, 3.8) is 0 Å². The third-order valence-electron chi connectivity index (χ3n) is 10.8. The molecule has 1 unspecified atom stereocenters. The first-order valence-corrected chi connectivity index (χ1v) is 20.8. The van der Waals surface area contributed by atoms with Crippen LogP contribution in [0.15, 0.2) is 162 Å². The van der Waals surface area contributed by atoms with Gasteiger partial charge >= 0.3 is 0 Å². The van der Waals surface area contributed by atoms with E-state index in [1.807, 2.05) is 159 Å². The predicted octanol–water partition coefficient (Wildman–Crippen LogP) is 9.43. The highest BCUT2D eigenvalue weighted by molar-refractivity contribution is 5.17. The topological polar surface area (TPSA) is 171 Å². The summed E-state index contributed by atoms with van der Waals surface area (Å²) in [5.41, 5.74) is 24.4. The molecule has 0 aromatic heterocycles. The molecule has 14 heteroatoms. The Morgan fingerprint density at radius 1 is 0.435 bits per heavy atom. The number of azide groups is 2. The van der Waals surface area contributed by atoms with Crippen molar-refractivity contribution in [2.24, 2.45) is 10.2 Å². The Kier molecular flexibility index (Phi) is 16.9. The van der Waals surface area contributed by atoms with Gasteiger partial charge in [-0.15, -0.1) is 0 Å². The number of ether oxygens (including phenoxy) is 8. The van der Waals surface area contributed by atoms with Crippen molar-refractivity contribution in [1.29, 1.82) is 0 Å². The van der Waals surface area contributed by atoms with E-state index in [-0.39, 0.29) is 39.6 Å². The Morgan fingerprint density at radius 3 is 1.21 bits per heavy atom. The summed E-state index contributed by atoms with van der Waals surface area (Å²) in [6, 6.07) is 47.2. The minimum Gasteiger partial charge on any atom is -0.374 e. The maximum atomic E-state index is 10.0. The van der Waals surface area contributed by atoms with E-state index in [9.17, 15) is 11.1 Å². The van der Waals surface area contributed by atoms with Crippen molar-refractivity contribution in [2.75, 3.05) is 13.2 Å². The quantitative estimate of drug-likeness (QED) is 0.0399. The van der Waals surface area contributed by atoms with E-state index in [4.69, 9.17) is 37.9 Å². The molecule has 0 spiro atoms. The summed E-state index contributed by atoms with van der Waals surface area (Å²) in [7, 11) is 0. The Morgan fingerprint density at radius 2 is 0.790 bits per heavy atom. The minimum absolute atomic E-state index is 0.0708. The number of benzene rings is 5. The fourth-order valence-corrected chi connectivity index (χ4v) is 7.72. The Bertz CT molecular complexity index is 2150. The Labute approximate surface area is 361 Å². The van der Waals surface area contributed by atoms with Crippen molar-refractivity contribution >= 4 is 0 Å². The van der Waals surface area contributed by atoms with E-state index >= 15 is 0 Å². The first-order valence-electron chi connectivity index (χ1n) is 20.8. The second-order valence-corrected chi connectivity index (χ2v) is 15.2. The van der Waals surface area contributed by atoms with Gasteiger partial charge < -0.3 is 37.9 Å². The van der Waals surface area contributed by atoms with Crippen LogP contribution in [0.2, 0.25) is 0 Å². The standard InChI is InChI=1S/C48H52N6O8/c1-34-42(51-53-49)46(58-30-38-23-13-5-14-24-38)45(57-29-37-21-11-4-12-22-37)41(61-34)33-60-48-43(52-54-50)47(59-31-39-25-15-6-16-26-39)44(56-28-36-19-9-3-10-20-36)40(62-48)32-55-27-35-17-7-2-8-18-35/h2-26,34,40-48H,27-33H2,1H3/t34-,40+,41+,42-,43+,44+,45-,46+,47+,48?/m0/s1. The lowest BCUT2D eigenvalue weighted by Crippen LogP contribution is -2.62. The molecule has 62 heavy (non-hydrogen) atoms. The average molecular weight is 841 g/mol. The molecule has 0 bridgehead atoms. The SMILES string of the molecule is C[C@@H]1O[C@H](COC2O[C@H](COCc3ccccc3)[C@@H](OCc3ccccc3)[C@H](OCc3ccccc3)[C@H]2N=[N+]=[N-])[C@H](OCc2ccccc2)[C@H](OCc2ccccc2)[C@H]1N=[N+]=[N-]. The zero-order valence-electron chi connectivity index (χ0n) is 34.6. The second kappa shape index (κ2) is 23.6. The third kappa shape index (κ3) is 12.5. The summed E-state index contributed by atoms with van der Waals surface area (Å²) in [4.78, 5) is 6.41. The summed E-state index contributed by atoms with van der Waals surface area (Å²) >= 11 is 0. The van der Waals surface area contributed by atoms with Crippen LogP contribution in [0.25, 0.3) is 20.9 Å².